The van der Waals surface area contributed by atoms with Gasteiger partial charge in [-0.2, -0.15) is 0 Å². The highest BCUT2D eigenvalue weighted by Crippen LogP contribution is 2.39. The molecule has 1 saturated carbocycles. The van der Waals surface area contributed by atoms with E-state index in [1.54, 1.807) is 0 Å². The van der Waals surface area contributed by atoms with E-state index in [1.807, 2.05) is 0 Å². The molecular formula is C12H18O5. The highest BCUT2D eigenvalue weighted by molar-refractivity contribution is 6.04. The fourth-order valence-corrected chi connectivity index (χ4v) is 2.41. The van der Waals surface area contributed by atoms with Crippen molar-refractivity contribution in [2.75, 3.05) is 7.11 Å². The molecule has 0 amide bonds. The van der Waals surface area contributed by atoms with Crippen molar-refractivity contribution in [1.29, 1.82) is 0 Å². The van der Waals surface area contributed by atoms with Gasteiger partial charge in [-0.1, -0.05) is 19.3 Å². The van der Waals surface area contributed by atoms with E-state index in [1.165, 1.54) is 7.11 Å². The number of ether oxygens (including phenoxy) is 1. The van der Waals surface area contributed by atoms with Gasteiger partial charge in [-0.3, -0.25) is 14.4 Å². The van der Waals surface area contributed by atoms with Crippen LogP contribution in [0.25, 0.3) is 0 Å². The second kappa shape index (κ2) is 5.80. The topological polar surface area (TPSA) is 80.7 Å². The molecule has 1 fully saturated rings. The Kier molecular flexibility index (Phi) is 4.66. The number of hydrogen-bond acceptors (Lipinski definition) is 4. The maximum Gasteiger partial charge on any atom is 0.319 e. The summed E-state index contributed by atoms with van der Waals surface area (Å²) < 4.78 is 4.71. The lowest BCUT2D eigenvalue weighted by Gasteiger charge is -2.32. The van der Waals surface area contributed by atoms with Gasteiger partial charge in [-0.15, -0.1) is 0 Å². The van der Waals surface area contributed by atoms with Crippen molar-refractivity contribution in [2.24, 2.45) is 5.41 Å². The predicted molar refractivity (Wildman–Crippen MR) is 59.4 cm³/mol. The molecule has 0 unspecified atom stereocenters. The van der Waals surface area contributed by atoms with Crippen LogP contribution in [-0.2, 0) is 19.1 Å². The van der Waals surface area contributed by atoms with Crippen LogP contribution in [0.2, 0.25) is 0 Å². The summed E-state index contributed by atoms with van der Waals surface area (Å²) in [5, 5.41) is 8.57. The average molecular weight is 242 g/mol. The van der Waals surface area contributed by atoms with Crippen LogP contribution in [0, 0.1) is 5.41 Å². The third kappa shape index (κ3) is 3.05. The minimum Gasteiger partial charge on any atom is -0.481 e. The molecule has 0 radical (unpaired) electrons. The SMILES string of the molecule is COC(=O)C1(C(=O)CCC(=O)O)CCCCC1. The van der Waals surface area contributed by atoms with E-state index in [0.717, 1.165) is 19.3 Å². The van der Waals surface area contributed by atoms with Gasteiger partial charge in [0.2, 0.25) is 0 Å². The molecule has 0 aliphatic heterocycles. The third-order valence-corrected chi connectivity index (χ3v) is 3.38. The number of ketones is 1. The zero-order valence-electron chi connectivity index (χ0n) is 10.0. The van der Waals surface area contributed by atoms with Gasteiger partial charge in [-0.25, -0.2) is 0 Å². The number of rotatable bonds is 5. The number of carbonyl (C=O) groups excluding carboxylic acids is 2. The molecule has 0 bridgehead atoms. The van der Waals surface area contributed by atoms with Crippen LogP contribution >= 0.6 is 0 Å². The van der Waals surface area contributed by atoms with Crippen molar-refractivity contribution < 1.29 is 24.2 Å². The third-order valence-electron chi connectivity index (χ3n) is 3.38. The molecule has 0 aromatic carbocycles. The number of carboxylic acids is 1. The Morgan fingerprint density at radius 3 is 2.18 bits per heavy atom. The summed E-state index contributed by atoms with van der Waals surface area (Å²) in [6.07, 6.45) is 3.28. The lowest BCUT2D eigenvalue weighted by atomic mass is 9.70. The summed E-state index contributed by atoms with van der Waals surface area (Å²) in [4.78, 5) is 34.3. The molecule has 0 heterocycles. The zero-order chi connectivity index (χ0) is 12.9. The van der Waals surface area contributed by atoms with Gasteiger partial charge in [0.25, 0.3) is 0 Å². The van der Waals surface area contributed by atoms with E-state index in [2.05, 4.69) is 0 Å². The molecule has 0 aromatic heterocycles. The Bertz CT molecular complexity index is 315. The summed E-state index contributed by atoms with van der Waals surface area (Å²) in [5.41, 5.74) is -1.08. The fourth-order valence-electron chi connectivity index (χ4n) is 2.41. The van der Waals surface area contributed by atoms with E-state index in [0.29, 0.717) is 12.8 Å². The number of carboxylic acid groups (broad SMARTS) is 1. The molecule has 0 spiro atoms. The lowest BCUT2D eigenvalue weighted by Crippen LogP contribution is -2.42. The fraction of sp³-hybridized carbons (Fsp3) is 0.750. The monoisotopic (exact) mass is 242 g/mol. The van der Waals surface area contributed by atoms with Crippen molar-refractivity contribution in [2.45, 2.75) is 44.9 Å². The first-order chi connectivity index (χ1) is 8.03. The molecule has 0 aromatic rings. The first kappa shape index (κ1) is 13.7. The van der Waals surface area contributed by atoms with Crippen LogP contribution < -0.4 is 0 Å². The Morgan fingerprint density at radius 1 is 1.12 bits per heavy atom. The number of esters is 1. The zero-order valence-corrected chi connectivity index (χ0v) is 10.0. The quantitative estimate of drug-likeness (QED) is 0.584. The second-order valence-corrected chi connectivity index (χ2v) is 4.45. The molecular weight excluding hydrogens is 224 g/mol. The predicted octanol–water partition coefficient (Wildman–Crippen LogP) is 1.54. The summed E-state index contributed by atoms with van der Waals surface area (Å²) in [6.45, 7) is 0. The summed E-state index contributed by atoms with van der Waals surface area (Å²) in [6, 6.07) is 0. The van der Waals surface area contributed by atoms with Gasteiger partial charge >= 0.3 is 11.9 Å². The standard InChI is InChI=1S/C12H18O5/c1-17-11(16)12(7-3-2-4-8-12)9(13)5-6-10(14)15/h2-8H2,1H3,(H,14,15). The van der Waals surface area contributed by atoms with Crippen LogP contribution in [0.5, 0.6) is 0 Å². The van der Waals surface area contributed by atoms with Crippen molar-refractivity contribution >= 4 is 17.7 Å². The van der Waals surface area contributed by atoms with E-state index in [9.17, 15) is 14.4 Å². The van der Waals surface area contributed by atoms with E-state index >= 15 is 0 Å². The van der Waals surface area contributed by atoms with Crippen LogP contribution in [0.3, 0.4) is 0 Å². The summed E-state index contributed by atoms with van der Waals surface area (Å²) in [5.74, 6) is -1.81. The van der Waals surface area contributed by atoms with Gasteiger partial charge in [0.15, 0.2) is 5.78 Å². The van der Waals surface area contributed by atoms with Crippen molar-refractivity contribution in [1.82, 2.24) is 0 Å². The normalized spacial score (nSPS) is 18.4. The maximum absolute atomic E-state index is 12.1. The molecule has 1 aliphatic rings. The molecule has 1 rings (SSSR count). The molecule has 1 N–H and O–H groups in total. The minimum absolute atomic E-state index is 0.0928. The Labute approximate surface area is 100 Å². The van der Waals surface area contributed by atoms with E-state index in [-0.39, 0.29) is 18.6 Å². The molecule has 5 heteroatoms. The molecule has 0 atom stereocenters. The Morgan fingerprint density at radius 2 is 1.71 bits per heavy atom. The molecule has 5 nitrogen and oxygen atoms in total. The second-order valence-electron chi connectivity index (χ2n) is 4.45. The number of aliphatic carboxylic acids is 1. The van der Waals surface area contributed by atoms with Gasteiger partial charge in [0.1, 0.15) is 5.41 Å². The first-order valence-electron chi connectivity index (χ1n) is 5.86. The highest BCUT2D eigenvalue weighted by Gasteiger charge is 2.46. The summed E-state index contributed by atoms with van der Waals surface area (Å²) in [7, 11) is 1.27. The van der Waals surface area contributed by atoms with Crippen molar-refractivity contribution in [3.05, 3.63) is 0 Å². The van der Waals surface area contributed by atoms with Crippen LogP contribution in [0.1, 0.15) is 44.9 Å². The molecule has 1 aliphatic carbocycles. The van der Waals surface area contributed by atoms with Crippen LogP contribution in [0.15, 0.2) is 0 Å². The summed E-state index contributed by atoms with van der Waals surface area (Å²) >= 11 is 0. The number of methoxy groups -OCH3 is 1. The van der Waals surface area contributed by atoms with Gasteiger partial charge in [0, 0.05) is 6.42 Å². The lowest BCUT2D eigenvalue weighted by molar-refractivity contribution is -0.161. The Hall–Kier alpha value is -1.39. The molecule has 96 valence electrons. The van der Waals surface area contributed by atoms with Crippen LogP contribution in [0.4, 0.5) is 0 Å². The molecule has 17 heavy (non-hydrogen) atoms. The van der Waals surface area contributed by atoms with E-state index < -0.39 is 17.4 Å². The van der Waals surface area contributed by atoms with Gasteiger partial charge < -0.3 is 9.84 Å². The Balaban J connectivity index is 2.78. The van der Waals surface area contributed by atoms with Crippen molar-refractivity contribution in [3.63, 3.8) is 0 Å². The average Bonchev–Trinajstić information content (AvgIpc) is 2.35. The van der Waals surface area contributed by atoms with Gasteiger partial charge in [-0.05, 0) is 12.8 Å². The maximum atomic E-state index is 12.1. The minimum atomic E-state index is -1.08. The number of hydrogen-bond donors (Lipinski definition) is 1. The number of Topliss-reactive ketones (excluding diaryl/α,β-unsaturated/α-hetero) is 1. The smallest absolute Gasteiger partial charge is 0.319 e. The highest BCUT2D eigenvalue weighted by atomic mass is 16.5. The number of carbonyl (C=O) groups is 3. The van der Waals surface area contributed by atoms with Gasteiger partial charge in [0.05, 0.1) is 13.5 Å². The van der Waals surface area contributed by atoms with Crippen molar-refractivity contribution in [3.8, 4) is 0 Å². The molecule has 0 saturated heterocycles. The first-order valence-corrected chi connectivity index (χ1v) is 5.86. The van der Waals surface area contributed by atoms with E-state index in [4.69, 9.17) is 9.84 Å². The largest absolute Gasteiger partial charge is 0.481 e. The van der Waals surface area contributed by atoms with Crippen LogP contribution in [-0.4, -0.2) is 29.9 Å².